The summed E-state index contributed by atoms with van der Waals surface area (Å²) in [6.07, 6.45) is 0. The highest BCUT2D eigenvalue weighted by atomic mass is 35.5. The third kappa shape index (κ3) is 5.44. The molecular weight excluding hydrogens is 428 g/mol. The number of carboxylic acids is 1. The van der Waals surface area contributed by atoms with E-state index in [1.165, 1.54) is 36.4 Å². The van der Waals surface area contributed by atoms with E-state index in [1.807, 2.05) is 12.1 Å². The summed E-state index contributed by atoms with van der Waals surface area (Å²) in [5, 5.41) is 12.0. The molecule has 1 amide bonds. The van der Waals surface area contributed by atoms with E-state index in [4.69, 9.17) is 16.7 Å². The van der Waals surface area contributed by atoms with Crippen molar-refractivity contribution in [1.82, 2.24) is 4.72 Å². The number of benzene rings is 3. The van der Waals surface area contributed by atoms with Crippen LogP contribution in [0.2, 0.25) is 5.02 Å². The monoisotopic (exact) mass is 444 g/mol. The van der Waals surface area contributed by atoms with Gasteiger partial charge in [-0.25, -0.2) is 17.9 Å². The van der Waals surface area contributed by atoms with Gasteiger partial charge in [0.05, 0.1) is 17.0 Å². The summed E-state index contributed by atoms with van der Waals surface area (Å²) in [6.45, 7) is -0.470. The number of amides is 1. The van der Waals surface area contributed by atoms with Gasteiger partial charge < -0.3 is 10.4 Å². The summed E-state index contributed by atoms with van der Waals surface area (Å²) in [5.74, 6) is -1.66. The van der Waals surface area contributed by atoms with Gasteiger partial charge in [0, 0.05) is 10.7 Å². The molecule has 30 heavy (non-hydrogen) atoms. The number of carbonyl (C=O) groups excluding carboxylic acids is 1. The predicted molar refractivity (Wildman–Crippen MR) is 114 cm³/mol. The van der Waals surface area contributed by atoms with Gasteiger partial charge in [-0.15, -0.1) is 0 Å². The zero-order valence-corrected chi connectivity index (χ0v) is 17.1. The number of carbonyl (C=O) groups is 2. The average molecular weight is 445 g/mol. The Morgan fingerprint density at radius 3 is 1.90 bits per heavy atom. The zero-order chi connectivity index (χ0) is 21.7. The molecule has 0 radical (unpaired) electrons. The number of hydrogen-bond acceptors (Lipinski definition) is 4. The Kier molecular flexibility index (Phi) is 6.51. The van der Waals surface area contributed by atoms with Gasteiger partial charge in [-0.3, -0.25) is 4.79 Å². The Labute approximate surface area is 178 Å². The SMILES string of the molecule is O=C(CNS(=O)(=O)c1ccc(-c2ccc(Cl)cc2)cc1)Nc1ccc(C(=O)O)cc1. The largest absolute Gasteiger partial charge is 0.478 e. The molecule has 0 atom stereocenters. The molecule has 154 valence electrons. The molecule has 0 aliphatic heterocycles. The molecule has 0 aliphatic carbocycles. The van der Waals surface area contributed by atoms with E-state index in [0.29, 0.717) is 10.7 Å². The molecule has 9 heteroatoms. The number of rotatable bonds is 7. The van der Waals surface area contributed by atoms with Crippen molar-refractivity contribution >= 4 is 39.2 Å². The van der Waals surface area contributed by atoms with Crippen LogP contribution in [0.1, 0.15) is 10.4 Å². The quantitative estimate of drug-likeness (QED) is 0.515. The van der Waals surface area contributed by atoms with Crippen LogP contribution < -0.4 is 10.0 Å². The minimum atomic E-state index is -3.88. The second kappa shape index (κ2) is 9.08. The molecule has 3 N–H and O–H groups in total. The minimum Gasteiger partial charge on any atom is -0.478 e. The number of hydrogen-bond donors (Lipinski definition) is 3. The maximum atomic E-state index is 12.4. The van der Waals surface area contributed by atoms with Crippen LogP contribution in [0.15, 0.2) is 77.7 Å². The third-order valence-electron chi connectivity index (χ3n) is 4.18. The lowest BCUT2D eigenvalue weighted by atomic mass is 10.1. The van der Waals surface area contributed by atoms with E-state index in [2.05, 4.69) is 10.0 Å². The second-order valence-electron chi connectivity index (χ2n) is 6.29. The van der Waals surface area contributed by atoms with Crippen LogP contribution >= 0.6 is 11.6 Å². The predicted octanol–water partition coefficient (Wildman–Crippen LogP) is 3.62. The molecule has 0 saturated heterocycles. The van der Waals surface area contributed by atoms with Crippen molar-refractivity contribution in [2.45, 2.75) is 4.90 Å². The minimum absolute atomic E-state index is 0.0267. The van der Waals surface area contributed by atoms with Crippen molar-refractivity contribution in [3.8, 4) is 11.1 Å². The molecule has 0 spiro atoms. The van der Waals surface area contributed by atoms with Gasteiger partial charge in [-0.1, -0.05) is 35.9 Å². The fourth-order valence-corrected chi connectivity index (χ4v) is 3.72. The topological polar surface area (TPSA) is 113 Å². The summed E-state index contributed by atoms with van der Waals surface area (Å²) in [6, 6.07) is 18.9. The molecule has 3 rings (SSSR count). The molecule has 0 heterocycles. The highest BCUT2D eigenvalue weighted by Gasteiger charge is 2.16. The molecule has 0 bridgehead atoms. The number of carboxylic acid groups (broad SMARTS) is 1. The first-order chi connectivity index (χ1) is 14.2. The van der Waals surface area contributed by atoms with Gasteiger partial charge >= 0.3 is 5.97 Å². The maximum absolute atomic E-state index is 12.4. The van der Waals surface area contributed by atoms with Gasteiger partial charge in [0.2, 0.25) is 15.9 Å². The molecule has 7 nitrogen and oxygen atoms in total. The number of halogens is 1. The normalized spacial score (nSPS) is 11.1. The second-order valence-corrected chi connectivity index (χ2v) is 8.49. The first-order valence-electron chi connectivity index (χ1n) is 8.73. The van der Waals surface area contributed by atoms with Gasteiger partial charge in [0.1, 0.15) is 0 Å². The highest BCUT2D eigenvalue weighted by Crippen LogP contribution is 2.23. The van der Waals surface area contributed by atoms with E-state index in [-0.39, 0.29) is 10.5 Å². The lowest BCUT2D eigenvalue weighted by Crippen LogP contribution is -2.32. The fourth-order valence-electron chi connectivity index (χ4n) is 2.61. The van der Waals surface area contributed by atoms with Crippen molar-refractivity contribution in [2.75, 3.05) is 11.9 Å². The van der Waals surface area contributed by atoms with E-state index in [1.54, 1.807) is 24.3 Å². The zero-order valence-electron chi connectivity index (χ0n) is 15.5. The van der Waals surface area contributed by atoms with Crippen LogP contribution in [0.4, 0.5) is 5.69 Å². The van der Waals surface area contributed by atoms with Crippen LogP contribution in [0.25, 0.3) is 11.1 Å². The molecule has 0 saturated carbocycles. The van der Waals surface area contributed by atoms with Gasteiger partial charge in [0.25, 0.3) is 0 Å². The van der Waals surface area contributed by atoms with Crippen molar-refractivity contribution in [3.63, 3.8) is 0 Å². The Bertz CT molecular complexity index is 1160. The van der Waals surface area contributed by atoms with E-state index >= 15 is 0 Å². The Balaban J connectivity index is 1.61. The standard InChI is InChI=1S/C21H17ClN2O5S/c22-17-7-1-14(2-8-17)15-5-11-19(12-6-15)30(28,29)23-13-20(25)24-18-9-3-16(4-10-18)21(26)27/h1-12,23H,13H2,(H,24,25)(H,26,27). The summed E-state index contributed by atoms with van der Waals surface area (Å²) >= 11 is 5.87. The van der Waals surface area contributed by atoms with Crippen LogP contribution in [0.5, 0.6) is 0 Å². The molecule has 3 aromatic rings. The lowest BCUT2D eigenvalue weighted by molar-refractivity contribution is -0.115. The van der Waals surface area contributed by atoms with Crippen LogP contribution in [-0.4, -0.2) is 31.9 Å². The fraction of sp³-hybridized carbons (Fsp3) is 0.0476. The summed E-state index contributed by atoms with van der Waals surface area (Å²) in [4.78, 5) is 22.9. The lowest BCUT2D eigenvalue weighted by Gasteiger charge is -2.09. The van der Waals surface area contributed by atoms with Crippen molar-refractivity contribution in [3.05, 3.63) is 83.4 Å². The summed E-state index contributed by atoms with van der Waals surface area (Å²) < 4.78 is 27.1. The summed E-state index contributed by atoms with van der Waals surface area (Å²) in [7, 11) is -3.88. The Morgan fingerprint density at radius 1 is 0.833 bits per heavy atom. The molecule has 3 aromatic carbocycles. The van der Waals surface area contributed by atoms with Gasteiger partial charge in [0.15, 0.2) is 0 Å². The number of nitrogens with one attached hydrogen (secondary N) is 2. The maximum Gasteiger partial charge on any atom is 0.335 e. The molecule has 0 fully saturated rings. The van der Waals surface area contributed by atoms with Crippen molar-refractivity contribution < 1.29 is 23.1 Å². The Morgan fingerprint density at radius 2 is 1.37 bits per heavy atom. The smallest absolute Gasteiger partial charge is 0.335 e. The van der Waals surface area contributed by atoms with Crippen molar-refractivity contribution in [1.29, 1.82) is 0 Å². The van der Waals surface area contributed by atoms with Crippen LogP contribution in [0.3, 0.4) is 0 Å². The van der Waals surface area contributed by atoms with E-state index in [9.17, 15) is 18.0 Å². The molecule has 0 aromatic heterocycles. The number of aromatic carboxylic acids is 1. The third-order valence-corrected chi connectivity index (χ3v) is 5.85. The summed E-state index contributed by atoms with van der Waals surface area (Å²) in [5.41, 5.74) is 2.16. The number of anilines is 1. The van der Waals surface area contributed by atoms with Crippen molar-refractivity contribution in [2.24, 2.45) is 0 Å². The highest BCUT2D eigenvalue weighted by molar-refractivity contribution is 7.89. The number of sulfonamides is 1. The molecular formula is C21H17ClN2O5S. The molecule has 0 unspecified atom stereocenters. The van der Waals surface area contributed by atoms with Gasteiger partial charge in [-0.05, 0) is 59.7 Å². The average Bonchev–Trinajstić information content (AvgIpc) is 2.73. The van der Waals surface area contributed by atoms with Crippen LogP contribution in [-0.2, 0) is 14.8 Å². The van der Waals surface area contributed by atoms with Gasteiger partial charge in [-0.2, -0.15) is 0 Å². The molecule has 0 aliphatic rings. The van der Waals surface area contributed by atoms with E-state index < -0.39 is 28.4 Å². The van der Waals surface area contributed by atoms with Crippen LogP contribution in [0, 0.1) is 0 Å². The first-order valence-corrected chi connectivity index (χ1v) is 10.6. The Hall–Kier alpha value is -3.20. The van der Waals surface area contributed by atoms with E-state index in [0.717, 1.165) is 11.1 Å². The first kappa shape index (κ1) is 21.5.